The lowest BCUT2D eigenvalue weighted by atomic mass is 10.2. The van der Waals surface area contributed by atoms with E-state index in [1.165, 1.54) is 0 Å². The molecule has 0 saturated carbocycles. The normalized spacial score (nSPS) is 10.4. The molecule has 2 aromatic rings. The zero-order valence-corrected chi connectivity index (χ0v) is 13.8. The number of ether oxygens (including phenoxy) is 2. The molecule has 0 unspecified atom stereocenters. The van der Waals surface area contributed by atoms with Crippen molar-refractivity contribution in [3.05, 3.63) is 51.6 Å². The molecule has 0 saturated heterocycles. The van der Waals surface area contributed by atoms with Crippen molar-refractivity contribution in [3.63, 3.8) is 0 Å². The highest BCUT2D eigenvalue weighted by atomic mass is 79.9. The molecule has 106 valence electrons. The van der Waals surface area contributed by atoms with Crippen molar-refractivity contribution in [2.45, 2.75) is 11.9 Å². The number of aromatic nitrogens is 1. The third kappa shape index (κ3) is 3.78. The van der Waals surface area contributed by atoms with E-state index < -0.39 is 0 Å². The highest BCUT2D eigenvalue weighted by Crippen LogP contribution is 2.34. The number of halogens is 3. The van der Waals surface area contributed by atoms with E-state index in [0.717, 1.165) is 11.3 Å². The van der Waals surface area contributed by atoms with Gasteiger partial charge in [0.2, 0.25) is 5.88 Å². The van der Waals surface area contributed by atoms with Gasteiger partial charge >= 0.3 is 0 Å². The van der Waals surface area contributed by atoms with Crippen LogP contribution in [0.2, 0.25) is 10.0 Å². The maximum atomic E-state index is 6.16. The van der Waals surface area contributed by atoms with Gasteiger partial charge in [-0.1, -0.05) is 45.2 Å². The van der Waals surface area contributed by atoms with Gasteiger partial charge < -0.3 is 9.47 Å². The minimum Gasteiger partial charge on any atom is -0.485 e. The van der Waals surface area contributed by atoms with E-state index in [2.05, 4.69) is 20.9 Å². The van der Waals surface area contributed by atoms with E-state index in [-0.39, 0.29) is 0 Å². The maximum Gasteiger partial charge on any atom is 0.213 e. The smallest absolute Gasteiger partial charge is 0.213 e. The summed E-state index contributed by atoms with van der Waals surface area (Å²) in [4.78, 5) is 4.28. The Kier molecular flexibility index (Phi) is 5.52. The summed E-state index contributed by atoms with van der Waals surface area (Å²) < 4.78 is 10.8. The van der Waals surface area contributed by atoms with Gasteiger partial charge in [0.15, 0.2) is 0 Å². The Morgan fingerprint density at radius 3 is 2.75 bits per heavy atom. The Morgan fingerprint density at radius 1 is 1.25 bits per heavy atom. The van der Waals surface area contributed by atoms with Gasteiger partial charge in [-0.05, 0) is 18.2 Å². The SMILES string of the molecule is COc1cccc(COc2c(Cl)cc(Cl)cc2CBr)n1. The summed E-state index contributed by atoms with van der Waals surface area (Å²) in [5, 5.41) is 1.67. The van der Waals surface area contributed by atoms with Crippen LogP contribution in [0.25, 0.3) is 0 Å². The highest BCUT2D eigenvalue weighted by Gasteiger charge is 2.10. The van der Waals surface area contributed by atoms with Crippen LogP contribution in [-0.2, 0) is 11.9 Å². The van der Waals surface area contributed by atoms with Gasteiger partial charge in [0.1, 0.15) is 12.4 Å². The molecule has 6 heteroatoms. The first-order valence-electron chi connectivity index (χ1n) is 5.80. The topological polar surface area (TPSA) is 31.4 Å². The summed E-state index contributed by atoms with van der Waals surface area (Å²) in [6, 6.07) is 8.97. The predicted octanol–water partition coefficient (Wildman–Crippen LogP) is 4.87. The third-order valence-corrected chi connectivity index (χ3v) is 3.69. The van der Waals surface area contributed by atoms with Crippen LogP contribution < -0.4 is 9.47 Å². The number of pyridine rings is 1. The van der Waals surface area contributed by atoms with Crippen LogP contribution in [-0.4, -0.2) is 12.1 Å². The van der Waals surface area contributed by atoms with Crippen LogP contribution in [0.4, 0.5) is 0 Å². The summed E-state index contributed by atoms with van der Waals surface area (Å²) in [6.07, 6.45) is 0. The molecule has 0 N–H and O–H groups in total. The minimum absolute atomic E-state index is 0.304. The Bertz CT molecular complexity index is 608. The zero-order valence-electron chi connectivity index (χ0n) is 10.7. The lowest BCUT2D eigenvalue weighted by molar-refractivity contribution is 0.296. The fourth-order valence-electron chi connectivity index (χ4n) is 1.67. The molecule has 0 aliphatic heterocycles. The molecule has 0 atom stereocenters. The second-order valence-corrected chi connectivity index (χ2v) is 5.37. The Morgan fingerprint density at radius 2 is 2.05 bits per heavy atom. The largest absolute Gasteiger partial charge is 0.485 e. The summed E-state index contributed by atoms with van der Waals surface area (Å²) in [5.41, 5.74) is 1.65. The summed E-state index contributed by atoms with van der Waals surface area (Å²) in [5.74, 6) is 1.16. The molecule has 20 heavy (non-hydrogen) atoms. The third-order valence-electron chi connectivity index (χ3n) is 2.58. The molecule has 3 nitrogen and oxygen atoms in total. The average molecular weight is 377 g/mol. The fraction of sp³-hybridized carbons (Fsp3) is 0.214. The summed E-state index contributed by atoms with van der Waals surface area (Å²) in [7, 11) is 1.58. The number of nitrogens with zero attached hydrogens (tertiary/aromatic N) is 1. The van der Waals surface area contributed by atoms with Crippen LogP contribution in [0.5, 0.6) is 11.6 Å². The quantitative estimate of drug-likeness (QED) is 0.697. The number of alkyl halides is 1. The predicted molar refractivity (Wildman–Crippen MR) is 84.2 cm³/mol. The van der Waals surface area contributed by atoms with Crippen LogP contribution >= 0.6 is 39.1 Å². The standard InChI is InChI=1S/C14H12BrCl2NO2/c1-19-13-4-2-3-11(18-13)8-20-14-9(7-15)5-10(16)6-12(14)17/h2-6H,7-8H2,1H3. The molecular formula is C14H12BrCl2NO2. The number of benzene rings is 1. The van der Waals surface area contributed by atoms with Crippen molar-refractivity contribution in [2.75, 3.05) is 7.11 Å². The molecule has 0 fully saturated rings. The van der Waals surface area contributed by atoms with Crippen LogP contribution in [0.15, 0.2) is 30.3 Å². The number of rotatable bonds is 5. The average Bonchev–Trinajstić information content (AvgIpc) is 2.45. The van der Waals surface area contributed by atoms with Gasteiger partial charge in [-0.2, -0.15) is 0 Å². The van der Waals surface area contributed by atoms with Gasteiger partial charge in [0.25, 0.3) is 0 Å². The van der Waals surface area contributed by atoms with Gasteiger partial charge in [-0.3, -0.25) is 0 Å². The van der Waals surface area contributed by atoms with Crippen LogP contribution in [0, 0.1) is 0 Å². The number of hydrogen-bond donors (Lipinski definition) is 0. The van der Waals surface area contributed by atoms with Crippen LogP contribution in [0.1, 0.15) is 11.3 Å². The van der Waals surface area contributed by atoms with Crippen LogP contribution in [0.3, 0.4) is 0 Å². The van der Waals surface area contributed by atoms with Crippen molar-refractivity contribution >= 4 is 39.1 Å². The molecule has 1 heterocycles. The van der Waals surface area contributed by atoms with E-state index in [9.17, 15) is 0 Å². The first kappa shape index (κ1) is 15.4. The van der Waals surface area contributed by atoms with E-state index in [1.54, 1.807) is 19.2 Å². The van der Waals surface area contributed by atoms with Gasteiger partial charge in [-0.25, -0.2) is 4.98 Å². The monoisotopic (exact) mass is 375 g/mol. The van der Waals surface area contributed by atoms with Crippen molar-refractivity contribution in [1.82, 2.24) is 4.98 Å². The first-order chi connectivity index (χ1) is 9.63. The molecule has 0 spiro atoms. The van der Waals surface area contributed by atoms with E-state index in [0.29, 0.717) is 33.6 Å². The summed E-state index contributed by atoms with van der Waals surface area (Å²) in [6.45, 7) is 0.304. The zero-order chi connectivity index (χ0) is 14.5. The molecule has 0 aliphatic rings. The van der Waals surface area contributed by atoms with Gasteiger partial charge in [-0.15, -0.1) is 0 Å². The second kappa shape index (κ2) is 7.16. The van der Waals surface area contributed by atoms with Crippen molar-refractivity contribution in [1.29, 1.82) is 0 Å². The van der Waals surface area contributed by atoms with Crippen molar-refractivity contribution in [2.24, 2.45) is 0 Å². The highest BCUT2D eigenvalue weighted by molar-refractivity contribution is 9.08. The molecule has 0 radical (unpaired) electrons. The first-order valence-corrected chi connectivity index (χ1v) is 7.68. The maximum absolute atomic E-state index is 6.16. The fourth-order valence-corrected chi connectivity index (χ4v) is 2.68. The van der Waals surface area contributed by atoms with E-state index in [4.69, 9.17) is 32.7 Å². The number of hydrogen-bond acceptors (Lipinski definition) is 3. The lowest BCUT2D eigenvalue weighted by Crippen LogP contribution is -2.01. The Balaban J connectivity index is 2.18. The molecule has 1 aromatic carbocycles. The molecule has 0 amide bonds. The summed E-state index contributed by atoms with van der Waals surface area (Å²) >= 11 is 15.5. The van der Waals surface area contributed by atoms with Crippen molar-refractivity contribution < 1.29 is 9.47 Å². The molecule has 0 bridgehead atoms. The van der Waals surface area contributed by atoms with Gasteiger partial charge in [0, 0.05) is 22.0 Å². The van der Waals surface area contributed by atoms with E-state index in [1.807, 2.05) is 18.2 Å². The van der Waals surface area contributed by atoms with Crippen molar-refractivity contribution in [3.8, 4) is 11.6 Å². The molecule has 2 rings (SSSR count). The second-order valence-electron chi connectivity index (χ2n) is 3.97. The molecular weight excluding hydrogens is 365 g/mol. The molecule has 1 aromatic heterocycles. The van der Waals surface area contributed by atoms with Gasteiger partial charge in [0.05, 0.1) is 17.8 Å². The minimum atomic E-state index is 0.304. The lowest BCUT2D eigenvalue weighted by Gasteiger charge is -2.12. The Hall–Kier alpha value is -0.970. The molecule has 0 aliphatic carbocycles. The van der Waals surface area contributed by atoms with E-state index >= 15 is 0 Å². The number of methoxy groups -OCH3 is 1. The Labute approximate surface area is 136 Å².